The Kier molecular flexibility index (Phi) is 4.96. The molecule has 0 aromatic carbocycles. The largest absolute Gasteiger partial charge is 0.374 e. The van der Waals surface area contributed by atoms with Crippen LogP contribution < -0.4 is 5.32 Å². The van der Waals surface area contributed by atoms with Crippen LogP contribution in [-0.2, 0) is 23.1 Å². The predicted octanol–water partition coefficient (Wildman–Crippen LogP) is 0.573. The Morgan fingerprint density at radius 2 is 2.29 bits per heavy atom. The molecule has 2 aromatic heterocycles. The highest BCUT2D eigenvalue weighted by atomic mass is 16.5. The molecule has 1 atom stereocenters. The molecule has 1 saturated heterocycles. The molecule has 130 valence electrons. The van der Waals surface area contributed by atoms with Gasteiger partial charge in [-0.2, -0.15) is 10.2 Å². The van der Waals surface area contributed by atoms with Gasteiger partial charge in [0.2, 0.25) is 5.91 Å². The summed E-state index contributed by atoms with van der Waals surface area (Å²) < 4.78 is 9.36. The number of morpholine rings is 1. The first-order valence-corrected chi connectivity index (χ1v) is 8.13. The lowest BCUT2D eigenvalue weighted by molar-refractivity contribution is -0.119. The molecule has 0 radical (unpaired) electrons. The second-order valence-corrected chi connectivity index (χ2v) is 6.31. The maximum atomic E-state index is 12.3. The highest BCUT2D eigenvalue weighted by Crippen LogP contribution is 2.10. The number of hydrogen-bond acceptors (Lipinski definition) is 5. The van der Waals surface area contributed by atoms with E-state index in [1.807, 2.05) is 44.0 Å². The molecule has 8 heteroatoms. The third kappa shape index (κ3) is 4.21. The van der Waals surface area contributed by atoms with Crippen molar-refractivity contribution in [2.24, 2.45) is 7.05 Å². The van der Waals surface area contributed by atoms with Crippen LogP contribution in [0.5, 0.6) is 0 Å². The Morgan fingerprint density at radius 1 is 1.46 bits per heavy atom. The number of carbonyl (C=O) groups is 1. The molecule has 1 fully saturated rings. The topological polar surface area (TPSA) is 77.2 Å². The summed E-state index contributed by atoms with van der Waals surface area (Å²) in [6.07, 6.45) is 3.88. The lowest BCUT2D eigenvalue weighted by atomic mass is 10.2. The van der Waals surface area contributed by atoms with Gasteiger partial charge in [0, 0.05) is 32.4 Å². The van der Waals surface area contributed by atoms with Crippen molar-refractivity contribution in [1.29, 1.82) is 0 Å². The van der Waals surface area contributed by atoms with Crippen molar-refractivity contribution in [2.75, 3.05) is 31.6 Å². The van der Waals surface area contributed by atoms with Gasteiger partial charge in [-0.1, -0.05) is 0 Å². The Labute approximate surface area is 141 Å². The van der Waals surface area contributed by atoms with E-state index in [0.717, 1.165) is 24.3 Å². The van der Waals surface area contributed by atoms with Crippen LogP contribution in [0.25, 0.3) is 0 Å². The number of aromatic nitrogens is 4. The molecule has 1 aliphatic rings. The molecule has 0 unspecified atom stereocenters. The minimum atomic E-state index is -0.0337. The Morgan fingerprint density at radius 3 is 2.96 bits per heavy atom. The van der Waals surface area contributed by atoms with Crippen LogP contribution in [0.15, 0.2) is 18.5 Å². The van der Waals surface area contributed by atoms with Crippen molar-refractivity contribution in [3.8, 4) is 0 Å². The molecule has 1 amide bonds. The minimum absolute atomic E-state index is 0.0337. The van der Waals surface area contributed by atoms with E-state index < -0.39 is 0 Å². The van der Waals surface area contributed by atoms with Crippen molar-refractivity contribution < 1.29 is 9.53 Å². The normalized spacial score (nSPS) is 18.7. The number of anilines is 1. The van der Waals surface area contributed by atoms with Gasteiger partial charge in [-0.15, -0.1) is 0 Å². The quantitative estimate of drug-likeness (QED) is 0.866. The maximum absolute atomic E-state index is 12.3. The highest BCUT2D eigenvalue weighted by Gasteiger charge is 2.23. The van der Waals surface area contributed by atoms with Gasteiger partial charge in [-0.05, 0) is 19.4 Å². The number of ether oxygens (including phenoxy) is 1. The zero-order valence-corrected chi connectivity index (χ0v) is 14.4. The number of rotatable bonds is 5. The van der Waals surface area contributed by atoms with E-state index in [9.17, 15) is 4.79 Å². The maximum Gasteiger partial charge on any atom is 0.239 e. The van der Waals surface area contributed by atoms with E-state index in [0.29, 0.717) is 25.5 Å². The number of nitrogens with one attached hydrogen (secondary N) is 1. The van der Waals surface area contributed by atoms with Crippen LogP contribution >= 0.6 is 0 Å². The Hall–Kier alpha value is -2.19. The summed E-state index contributed by atoms with van der Waals surface area (Å²) in [5.41, 5.74) is 2.02. The smallest absolute Gasteiger partial charge is 0.239 e. The molecule has 0 saturated carbocycles. The van der Waals surface area contributed by atoms with Crippen LogP contribution in [0.1, 0.15) is 11.3 Å². The third-order valence-electron chi connectivity index (χ3n) is 4.01. The van der Waals surface area contributed by atoms with Crippen molar-refractivity contribution in [3.05, 3.63) is 29.7 Å². The number of nitrogens with zero attached hydrogens (tertiary/aromatic N) is 5. The van der Waals surface area contributed by atoms with Crippen molar-refractivity contribution >= 4 is 11.7 Å². The summed E-state index contributed by atoms with van der Waals surface area (Å²) in [6, 6.07) is 1.86. The number of carbonyl (C=O) groups excluding carboxylic acids is 1. The van der Waals surface area contributed by atoms with Gasteiger partial charge >= 0.3 is 0 Å². The van der Waals surface area contributed by atoms with Gasteiger partial charge < -0.3 is 10.1 Å². The van der Waals surface area contributed by atoms with Crippen LogP contribution in [0.3, 0.4) is 0 Å². The second-order valence-electron chi connectivity index (χ2n) is 6.31. The average molecular weight is 332 g/mol. The van der Waals surface area contributed by atoms with E-state index in [1.165, 1.54) is 0 Å². The molecule has 24 heavy (non-hydrogen) atoms. The summed E-state index contributed by atoms with van der Waals surface area (Å²) in [5, 5.41) is 11.4. The molecule has 3 rings (SSSR count). The summed E-state index contributed by atoms with van der Waals surface area (Å²) in [5.74, 6) is 0.683. The van der Waals surface area contributed by atoms with E-state index in [-0.39, 0.29) is 12.0 Å². The first kappa shape index (κ1) is 16.7. The SMILES string of the molecule is Cc1cnn(C[C@H]2CN(CC(=O)Nc3cc(C)nn3C)CCO2)c1. The van der Waals surface area contributed by atoms with Crippen molar-refractivity contribution in [2.45, 2.75) is 26.5 Å². The number of amides is 1. The zero-order valence-electron chi connectivity index (χ0n) is 14.4. The number of aryl methyl sites for hydroxylation is 3. The van der Waals surface area contributed by atoms with Crippen LogP contribution in [0.2, 0.25) is 0 Å². The van der Waals surface area contributed by atoms with Gasteiger partial charge in [0.15, 0.2) is 0 Å². The fraction of sp³-hybridized carbons (Fsp3) is 0.562. The van der Waals surface area contributed by atoms with E-state index in [1.54, 1.807) is 4.68 Å². The lowest BCUT2D eigenvalue weighted by Gasteiger charge is -2.32. The number of hydrogen-bond donors (Lipinski definition) is 1. The summed E-state index contributed by atoms with van der Waals surface area (Å²) in [6.45, 7) is 7.07. The molecule has 1 aliphatic heterocycles. The molecule has 0 aliphatic carbocycles. The summed E-state index contributed by atoms with van der Waals surface area (Å²) in [7, 11) is 1.82. The molecular formula is C16H24N6O2. The van der Waals surface area contributed by atoms with E-state index in [2.05, 4.69) is 20.4 Å². The standard InChI is InChI=1S/C16H24N6O2/c1-12-7-17-22(8-12)10-14-9-21(4-5-24-14)11-16(23)18-15-6-13(2)19-20(15)3/h6-8,14H,4-5,9-11H2,1-3H3,(H,18,23)/t14-/m1/s1. The van der Waals surface area contributed by atoms with Gasteiger partial charge in [-0.3, -0.25) is 19.1 Å². The average Bonchev–Trinajstić information content (AvgIpc) is 3.05. The summed E-state index contributed by atoms with van der Waals surface area (Å²) >= 11 is 0. The summed E-state index contributed by atoms with van der Waals surface area (Å²) in [4.78, 5) is 14.4. The predicted molar refractivity (Wildman–Crippen MR) is 89.7 cm³/mol. The van der Waals surface area contributed by atoms with Crippen molar-refractivity contribution in [3.63, 3.8) is 0 Å². The minimum Gasteiger partial charge on any atom is -0.374 e. The molecule has 1 N–H and O–H groups in total. The first-order chi connectivity index (χ1) is 11.5. The molecule has 0 spiro atoms. The van der Waals surface area contributed by atoms with Gasteiger partial charge in [-0.25, -0.2) is 0 Å². The van der Waals surface area contributed by atoms with E-state index in [4.69, 9.17) is 4.74 Å². The van der Waals surface area contributed by atoms with Gasteiger partial charge in [0.25, 0.3) is 0 Å². The molecule has 2 aromatic rings. The fourth-order valence-corrected chi connectivity index (χ4v) is 2.92. The lowest BCUT2D eigenvalue weighted by Crippen LogP contribution is -2.47. The van der Waals surface area contributed by atoms with Crippen molar-refractivity contribution in [1.82, 2.24) is 24.5 Å². The zero-order chi connectivity index (χ0) is 17.1. The van der Waals surface area contributed by atoms with Crippen LogP contribution in [0, 0.1) is 13.8 Å². The van der Waals surface area contributed by atoms with Gasteiger partial charge in [0.1, 0.15) is 5.82 Å². The molecule has 3 heterocycles. The van der Waals surface area contributed by atoms with Crippen LogP contribution in [-0.4, -0.2) is 62.7 Å². The van der Waals surface area contributed by atoms with E-state index >= 15 is 0 Å². The fourth-order valence-electron chi connectivity index (χ4n) is 2.92. The third-order valence-corrected chi connectivity index (χ3v) is 4.01. The van der Waals surface area contributed by atoms with Crippen LogP contribution in [0.4, 0.5) is 5.82 Å². The monoisotopic (exact) mass is 332 g/mol. The molecule has 8 nitrogen and oxygen atoms in total. The molecular weight excluding hydrogens is 308 g/mol. The highest BCUT2D eigenvalue weighted by molar-refractivity contribution is 5.91. The Balaban J connectivity index is 1.51. The first-order valence-electron chi connectivity index (χ1n) is 8.13. The second kappa shape index (κ2) is 7.14. The molecule has 0 bridgehead atoms. The van der Waals surface area contributed by atoms with Gasteiger partial charge in [0.05, 0.1) is 37.7 Å². The Bertz CT molecular complexity index is 707.